The molecule has 0 saturated carbocycles. The molecular weight excluding hydrogens is 379 g/mol. The summed E-state index contributed by atoms with van der Waals surface area (Å²) in [6, 6.07) is 15.7. The normalized spacial score (nSPS) is 22.5. The maximum atomic E-state index is 13.3. The summed E-state index contributed by atoms with van der Waals surface area (Å²) in [5, 5.41) is 3.70. The Hall–Kier alpha value is -1.49. The van der Waals surface area contributed by atoms with E-state index in [4.69, 9.17) is 0 Å². The Morgan fingerprint density at radius 2 is 1.92 bits per heavy atom. The van der Waals surface area contributed by atoms with E-state index in [1.807, 2.05) is 18.2 Å². The number of rotatable bonds is 5. The van der Waals surface area contributed by atoms with Crippen molar-refractivity contribution in [3.63, 3.8) is 0 Å². The van der Waals surface area contributed by atoms with Crippen molar-refractivity contribution in [2.45, 2.75) is 31.3 Å². The summed E-state index contributed by atoms with van der Waals surface area (Å²) in [4.78, 5) is 2.44. The molecule has 2 aromatic carbocycles. The summed E-state index contributed by atoms with van der Waals surface area (Å²) >= 11 is 3.49. The van der Waals surface area contributed by atoms with Crippen LogP contribution in [0.5, 0.6) is 0 Å². The number of hydrogen-bond acceptors (Lipinski definition) is 2. The van der Waals surface area contributed by atoms with Crippen molar-refractivity contribution >= 4 is 15.9 Å². The number of halogens is 2. The summed E-state index contributed by atoms with van der Waals surface area (Å²) in [5.74, 6) is -0.196. The van der Waals surface area contributed by atoms with Crippen LogP contribution in [0.4, 0.5) is 4.39 Å². The van der Waals surface area contributed by atoms with Gasteiger partial charge < -0.3 is 0 Å². The fourth-order valence-electron chi connectivity index (χ4n) is 3.59. The molecule has 1 aliphatic rings. The molecule has 1 aliphatic heterocycles. The highest BCUT2D eigenvalue weighted by Gasteiger charge is 2.36. The molecule has 3 rings (SSSR count). The van der Waals surface area contributed by atoms with E-state index < -0.39 is 0 Å². The van der Waals surface area contributed by atoms with Crippen LogP contribution < -0.4 is 5.32 Å². The first kappa shape index (κ1) is 18.3. The van der Waals surface area contributed by atoms with Gasteiger partial charge in [0.05, 0.1) is 0 Å². The van der Waals surface area contributed by atoms with Gasteiger partial charge in [-0.25, -0.2) is 4.39 Å². The topological polar surface area (TPSA) is 15.3 Å². The largest absolute Gasteiger partial charge is 0.294 e. The molecule has 0 amide bonds. The van der Waals surface area contributed by atoms with Crippen LogP contribution in [0.15, 0.2) is 65.7 Å². The molecule has 1 N–H and O–H groups in total. The summed E-state index contributed by atoms with van der Waals surface area (Å²) in [5.41, 5.74) is 2.28. The Morgan fingerprint density at radius 1 is 1.24 bits per heavy atom. The third-order valence-corrected chi connectivity index (χ3v) is 5.76. The highest BCUT2D eigenvalue weighted by atomic mass is 79.9. The maximum absolute atomic E-state index is 13.3. The van der Waals surface area contributed by atoms with Gasteiger partial charge in [-0.3, -0.25) is 10.2 Å². The fraction of sp³-hybridized carbons (Fsp3) is 0.333. The average Bonchev–Trinajstić information content (AvgIpc) is 2.63. The van der Waals surface area contributed by atoms with Gasteiger partial charge in [0, 0.05) is 29.3 Å². The maximum Gasteiger partial charge on any atom is 0.123 e. The molecule has 2 nitrogen and oxygen atoms in total. The van der Waals surface area contributed by atoms with Crippen LogP contribution in [-0.4, -0.2) is 18.1 Å². The number of nitrogens with one attached hydrogen (secondary N) is 1. The Bertz CT molecular complexity index is 704. The van der Waals surface area contributed by atoms with Crippen molar-refractivity contribution in [1.82, 2.24) is 10.2 Å². The third kappa shape index (κ3) is 4.02. The van der Waals surface area contributed by atoms with E-state index >= 15 is 0 Å². The van der Waals surface area contributed by atoms with Gasteiger partial charge >= 0.3 is 0 Å². The molecule has 0 radical (unpaired) electrons. The quantitative estimate of drug-likeness (QED) is 0.675. The van der Waals surface area contributed by atoms with Crippen molar-refractivity contribution in [2.75, 3.05) is 13.2 Å². The Labute approximate surface area is 157 Å². The smallest absolute Gasteiger partial charge is 0.123 e. The van der Waals surface area contributed by atoms with E-state index in [0.717, 1.165) is 36.1 Å². The van der Waals surface area contributed by atoms with Crippen molar-refractivity contribution in [3.05, 3.63) is 82.6 Å². The molecule has 0 bridgehead atoms. The number of hydrogen-bond donors (Lipinski definition) is 1. The standard InChI is InChI=1S/C21H24BrFN2/c1-3-12-21(18-6-10-20(23)11-7-18)13-14-25(15-24-21)16(2)17-4-8-19(22)9-5-17/h3-11,16,24H,1,12-15H2,2H3/t16-,21+/m0/s1. The highest BCUT2D eigenvalue weighted by molar-refractivity contribution is 9.10. The molecule has 0 spiro atoms. The molecule has 25 heavy (non-hydrogen) atoms. The molecular formula is C21H24BrFN2. The van der Waals surface area contributed by atoms with Crippen LogP contribution in [-0.2, 0) is 5.54 Å². The van der Waals surface area contributed by atoms with Gasteiger partial charge in [0.2, 0.25) is 0 Å². The zero-order chi connectivity index (χ0) is 17.9. The molecule has 0 unspecified atom stereocenters. The fourth-order valence-corrected chi connectivity index (χ4v) is 3.86. The van der Waals surface area contributed by atoms with Gasteiger partial charge in [0.25, 0.3) is 0 Å². The summed E-state index contributed by atoms with van der Waals surface area (Å²) in [6.45, 7) is 7.94. The van der Waals surface area contributed by atoms with E-state index in [9.17, 15) is 4.39 Å². The first-order valence-electron chi connectivity index (χ1n) is 8.65. The van der Waals surface area contributed by atoms with Crippen LogP contribution in [0.2, 0.25) is 0 Å². The molecule has 132 valence electrons. The lowest BCUT2D eigenvalue weighted by Crippen LogP contribution is -2.55. The molecule has 0 aliphatic carbocycles. The van der Waals surface area contributed by atoms with Gasteiger partial charge in [-0.15, -0.1) is 6.58 Å². The molecule has 2 aromatic rings. The zero-order valence-electron chi connectivity index (χ0n) is 14.5. The van der Waals surface area contributed by atoms with Gasteiger partial charge in [0.1, 0.15) is 5.82 Å². The minimum Gasteiger partial charge on any atom is -0.294 e. The van der Waals surface area contributed by atoms with Gasteiger partial charge in [0.15, 0.2) is 0 Å². The van der Waals surface area contributed by atoms with E-state index in [2.05, 4.69) is 63.9 Å². The Balaban J connectivity index is 1.74. The Kier molecular flexibility index (Phi) is 5.72. The second-order valence-electron chi connectivity index (χ2n) is 6.71. The molecule has 0 aromatic heterocycles. The monoisotopic (exact) mass is 402 g/mol. The molecule has 1 fully saturated rings. The van der Waals surface area contributed by atoms with Gasteiger partial charge in [-0.1, -0.05) is 46.3 Å². The first-order valence-corrected chi connectivity index (χ1v) is 9.45. The van der Waals surface area contributed by atoms with Crippen molar-refractivity contribution in [3.8, 4) is 0 Å². The van der Waals surface area contributed by atoms with Crippen molar-refractivity contribution < 1.29 is 4.39 Å². The lowest BCUT2D eigenvalue weighted by Gasteiger charge is -2.45. The molecule has 1 heterocycles. The average molecular weight is 403 g/mol. The van der Waals surface area contributed by atoms with Gasteiger partial charge in [-0.05, 0) is 55.2 Å². The lowest BCUT2D eigenvalue weighted by atomic mass is 9.82. The second kappa shape index (κ2) is 7.81. The summed E-state index contributed by atoms with van der Waals surface area (Å²) in [7, 11) is 0. The summed E-state index contributed by atoms with van der Waals surface area (Å²) in [6.07, 6.45) is 3.74. The zero-order valence-corrected chi connectivity index (χ0v) is 16.1. The minimum absolute atomic E-state index is 0.161. The predicted octanol–water partition coefficient (Wildman–Crippen LogP) is 5.37. The van der Waals surface area contributed by atoms with Crippen LogP contribution in [0.25, 0.3) is 0 Å². The van der Waals surface area contributed by atoms with E-state index in [0.29, 0.717) is 6.04 Å². The van der Waals surface area contributed by atoms with Gasteiger partial charge in [-0.2, -0.15) is 0 Å². The van der Waals surface area contributed by atoms with Crippen LogP contribution in [0.3, 0.4) is 0 Å². The number of nitrogens with zero attached hydrogens (tertiary/aromatic N) is 1. The third-order valence-electron chi connectivity index (χ3n) is 5.24. The lowest BCUT2D eigenvalue weighted by molar-refractivity contribution is 0.0911. The van der Waals surface area contributed by atoms with E-state index in [1.165, 1.54) is 5.56 Å². The SMILES string of the molecule is C=CC[C@]1(c2ccc(F)cc2)CCN([C@@H](C)c2ccc(Br)cc2)CN1. The molecule has 2 atom stereocenters. The Morgan fingerprint density at radius 3 is 2.48 bits per heavy atom. The number of benzene rings is 2. The van der Waals surface area contributed by atoms with Crippen LogP contribution >= 0.6 is 15.9 Å². The molecule has 1 saturated heterocycles. The second-order valence-corrected chi connectivity index (χ2v) is 7.62. The van der Waals surface area contributed by atoms with E-state index in [-0.39, 0.29) is 11.4 Å². The van der Waals surface area contributed by atoms with E-state index in [1.54, 1.807) is 12.1 Å². The minimum atomic E-state index is -0.196. The van der Waals surface area contributed by atoms with Crippen LogP contribution in [0.1, 0.15) is 36.9 Å². The highest BCUT2D eigenvalue weighted by Crippen LogP contribution is 2.34. The predicted molar refractivity (Wildman–Crippen MR) is 105 cm³/mol. The van der Waals surface area contributed by atoms with Crippen molar-refractivity contribution in [1.29, 1.82) is 0 Å². The van der Waals surface area contributed by atoms with Crippen molar-refractivity contribution in [2.24, 2.45) is 0 Å². The molecule has 4 heteroatoms. The summed E-state index contributed by atoms with van der Waals surface area (Å²) < 4.78 is 14.4. The van der Waals surface area contributed by atoms with Crippen LogP contribution in [0, 0.1) is 5.82 Å². The first-order chi connectivity index (χ1) is 12.0.